The number of methoxy groups -OCH3 is 2. The van der Waals surface area contributed by atoms with E-state index in [2.05, 4.69) is 4.98 Å². The number of aromatic nitrogens is 2. The van der Waals surface area contributed by atoms with Crippen molar-refractivity contribution in [2.75, 3.05) is 27.4 Å². The second-order valence-electron chi connectivity index (χ2n) is 8.80. The monoisotopic (exact) mass is 533 g/mol. The van der Waals surface area contributed by atoms with Gasteiger partial charge in [-0.1, -0.05) is 60.7 Å². The largest absolute Gasteiger partial charge is 0.497 e. The first-order valence-corrected chi connectivity index (χ1v) is 13.8. The van der Waals surface area contributed by atoms with E-state index >= 15 is 0 Å². The summed E-state index contributed by atoms with van der Waals surface area (Å²) < 4.78 is 39.2. The molecule has 0 aliphatic carbocycles. The van der Waals surface area contributed by atoms with Crippen molar-refractivity contribution in [3.8, 4) is 5.75 Å². The van der Waals surface area contributed by atoms with Gasteiger partial charge < -0.3 is 18.9 Å². The minimum absolute atomic E-state index is 0.0243. The SMILES string of the molecule is COCCN(Cc1cnc(S(=O)(=O)Cc2ccccc2)n1Cc1ccccc1)C(=O)c1ccc(OC)cc1. The summed E-state index contributed by atoms with van der Waals surface area (Å²) in [4.78, 5) is 19.4. The second-order valence-corrected chi connectivity index (χ2v) is 10.7. The number of benzene rings is 3. The van der Waals surface area contributed by atoms with Gasteiger partial charge in [0.1, 0.15) is 5.75 Å². The Hall–Kier alpha value is -3.95. The normalized spacial score (nSPS) is 11.3. The van der Waals surface area contributed by atoms with Crippen LogP contribution in [0.15, 0.2) is 96.3 Å². The summed E-state index contributed by atoms with van der Waals surface area (Å²) >= 11 is 0. The van der Waals surface area contributed by atoms with Crippen LogP contribution in [0.5, 0.6) is 5.75 Å². The molecule has 1 heterocycles. The molecular weight excluding hydrogens is 502 g/mol. The molecule has 0 bridgehead atoms. The molecule has 4 rings (SSSR count). The highest BCUT2D eigenvalue weighted by molar-refractivity contribution is 7.90. The summed E-state index contributed by atoms with van der Waals surface area (Å²) in [7, 11) is -0.624. The number of rotatable bonds is 12. The van der Waals surface area contributed by atoms with Gasteiger partial charge in [0.05, 0.1) is 44.4 Å². The maximum absolute atomic E-state index is 13.5. The van der Waals surface area contributed by atoms with Crippen molar-refractivity contribution >= 4 is 15.7 Å². The van der Waals surface area contributed by atoms with E-state index in [0.29, 0.717) is 42.3 Å². The van der Waals surface area contributed by atoms with Gasteiger partial charge in [0, 0.05) is 19.2 Å². The van der Waals surface area contributed by atoms with Crippen molar-refractivity contribution in [1.82, 2.24) is 14.5 Å². The lowest BCUT2D eigenvalue weighted by atomic mass is 10.2. The van der Waals surface area contributed by atoms with Crippen LogP contribution in [-0.4, -0.2) is 56.1 Å². The Morgan fingerprint density at radius 1 is 0.895 bits per heavy atom. The lowest BCUT2D eigenvalue weighted by Crippen LogP contribution is -2.34. The molecule has 38 heavy (non-hydrogen) atoms. The topological polar surface area (TPSA) is 90.7 Å². The fourth-order valence-corrected chi connectivity index (χ4v) is 5.62. The van der Waals surface area contributed by atoms with Gasteiger partial charge in [-0.25, -0.2) is 13.4 Å². The number of hydrogen-bond acceptors (Lipinski definition) is 6. The van der Waals surface area contributed by atoms with Crippen LogP contribution in [0, 0.1) is 0 Å². The molecule has 0 N–H and O–H groups in total. The molecule has 8 nitrogen and oxygen atoms in total. The maximum atomic E-state index is 13.5. The molecule has 9 heteroatoms. The number of sulfone groups is 1. The minimum atomic E-state index is -3.77. The van der Waals surface area contributed by atoms with Gasteiger partial charge in [-0.2, -0.15) is 0 Å². The van der Waals surface area contributed by atoms with E-state index < -0.39 is 9.84 Å². The molecular formula is C29H31N3O5S. The molecule has 198 valence electrons. The van der Waals surface area contributed by atoms with Crippen LogP contribution >= 0.6 is 0 Å². The lowest BCUT2D eigenvalue weighted by molar-refractivity contribution is 0.0675. The minimum Gasteiger partial charge on any atom is -0.497 e. The van der Waals surface area contributed by atoms with Crippen molar-refractivity contribution in [2.45, 2.75) is 24.0 Å². The fraction of sp³-hybridized carbons (Fsp3) is 0.241. The third-order valence-electron chi connectivity index (χ3n) is 6.11. The highest BCUT2D eigenvalue weighted by Gasteiger charge is 2.26. The molecule has 0 fully saturated rings. The van der Waals surface area contributed by atoms with E-state index in [1.807, 2.05) is 48.5 Å². The Morgan fingerprint density at radius 3 is 2.13 bits per heavy atom. The number of nitrogens with zero attached hydrogens (tertiary/aromatic N) is 3. The molecule has 1 aromatic heterocycles. The predicted octanol–water partition coefficient (Wildman–Crippen LogP) is 4.20. The fourth-order valence-electron chi connectivity index (χ4n) is 4.13. The van der Waals surface area contributed by atoms with Crippen molar-refractivity contribution in [1.29, 1.82) is 0 Å². The average Bonchev–Trinajstić information content (AvgIpc) is 3.34. The summed E-state index contributed by atoms with van der Waals surface area (Å²) in [5.41, 5.74) is 2.71. The molecule has 0 saturated carbocycles. The molecule has 0 spiro atoms. The first-order chi connectivity index (χ1) is 18.4. The van der Waals surface area contributed by atoms with Crippen LogP contribution < -0.4 is 4.74 Å². The van der Waals surface area contributed by atoms with E-state index in [9.17, 15) is 13.2 Å². The molecule has 0 aliphatic rings. The summed E-state index contributed by atoms with van der Waals surface area (Å²) in [6.07, 6.45) is 1.54. The summed E-state index contributed by atoms with van der Waals surface area (Å²) in [5, 5.41) is -0.0243. The number of ether oxygens (including phenoxy) is 2. The zero-order valence-corrected chi connectivity index (χ0v) is 22.3. The van der Waals surface area contributed by atoms with Gasteiger partial charge in [0.2, 0.25) is 15.0 Å². The van der Waals surface area contributed by atoms with E-state index in [0.717, 1.165) is 5.56 Å². The van der Waals surface area contributed by atoms with E-state index in [1.54, 1.807) is 66.3 Å². The molecule has 3 aromatic carbocycles. The highest BCUT2D eigenvalue weighted by atomic mass is 32.2. The summed E-state index contributed by atoms with van der Waals surface area (Å²) in [6.45, 7) is 1.11. The molecule has 1 amide bonds. The quantitative estimate of drug-likeness (QED) is 0.271. The number of carbonyl (C=O) groups is 1. The first-order valence-electron chi connectivity index (χ1n) is 12.2. The Kier molecular flexibility index (Phi) is 8.93. The van der Waals surface area contributed by atoms with Gasteiger partial charge in [-0.05, 0) is 35.4 Å². The van der Waals surface area contributed by atoms with Crippen LogP contribution in [0.2, 0.25) is 0 Å². The number of carbonyl (C=O) groups excluding carboxylic acids is 1. The van der Waals surface area contributed by atoms with Crippen molar-refractivity contribution in [3.63, 3.8) is 0 Å². The molecule has 0 saturated heterocycles. The molecule has 0 unspecified atom stereocenters. The standard InChI is InChI=1S/C29H31N3O5S/c1-36-18-17-31(28(33)25-13-15-27(37-2)16-14-25)21-26-19-30-29(32(26)20-23-9-5-3-6-10-23)38(34,35)22-24-11-7-4-8-12-24/h3-16,19H,17-18,20-22H2,1-2H3. The molecule has 0 atom stereocenters. The predicted molar refractivity (Wildman–Crippen MR) is 145 cm³/mol. The molecule has 0 aliphatic heterocycles. The Balaban J connectivity index is 1.69. The van der Waals surface area contributed by atoms with Crippen LogP contribution in [0.3, 0.4) is 0 Å². The number of hydrogen-bond donors (Lipinski definition) is 0. The van der Waals surface area contributed by atoms with E-state index in [4.69, 9.17) is 9.47 Å². The van der Waals surface area contributed by atoms with E-state index in [-0.39, 0.29) is 23.4 Å². The van der Waals surface area contributed by atoms with Crippen LogP contribution in [0.1, 0.15) is 27.2 Å². The third-order valence-corrected chi connectivity index (χ3v) is 7.70. The van der Waals surface area contributed by atoms with Crippen LogP contribution in [0.25, 0.3) is 0 Å². The average molecular weight is 534 g/mol. The third kappa shape index (κ3) is 6.67. The second kappa shape index (κ2) is 12.5. The highest BCUT2D eigenvalue weighted by Crippen LogP contribution is 2.21. The molecule has 4 aromatic rings. The first kappa shape index (κ1) is 27.1. The smallest absolute Gasteiger partial charge is 0.254 e. The van der Waals surface area contributed by atoms with Gasteiger partial charge in [-0.3, -0.25) is 4.79 Å². The van der Waals surface area contributed by atoms with E-state index in [1.165, 1.54) is 0 Å². The van der Waals surface area contributed by atoms with Gasteiger partial charge in [0.25, 0.3) is 5.91 Å². The van der Waals surface area contributed by atoms with Crippen molar-refractivity contribution in [3.05, 3.63) is 114 Å². The summed E-state index contributed by atoms with van der Waals surface area (Å²) in [6, 6.07) is 25.5. The van der Waals surface area contributed by atoms with Crippen molar-refractivity contribution < 1.29 is 22.7 Å². The van der Waals surface area contributed by atoms with Gasteiger partial charge >= 0.3 is 0 Å². The number of amides is 1. The maximum Gasteiger partial charge on any atom is 0.254 e. The number of imidazole rings is 1. The van der Waals surface area contributed by atoms with Crippen LogP contribution in [-0.2, 0) is 33.4 Å². The van der Waals surface area contributed by atoms with Crippen molar-refractivity contribution in [2.24, 2.45) is 0 Å². The Bertz CT molecular complexity index is 1440. The molecule has 0 radical (unpaired) electrons. The van der Waals surface area contributed by atoms with Gasteiger partial charge in [0.15, 0.2) is 0 Å². The Labute approximate surface area is 223 Å². The van der Waals surface area contributed by atoms with Crippen LogP contribution in [0.4, 0.5) is 0 Å². The Morgan fingerprint density at radius 2 is 1.53 bits per heavy atom. The zero-order chi connectivity index (χ0) is 27.0. The lowest BCUT2D eigenvalue weighted by Gasteiger charge is -2.23. The summed E-state index contributed by atoms with van der Waals surface area (Å²) in [5.74, 6) is 0.280. The van der Waals surface area contributed by atoms with Gasteiger partial charge in [-0.15, -0.1) is 0 Å². The zero-order valence-electron chi connectivity index (χ0n) is 21.5.